The van der Waals surface area contributed by atoms with Crippen molar-refractivity contribution in [3.05, 3.63) is 171 Å². The summed E-state index contributed by atoms with van der Waals surface area (Å²) in [6.45, 7) is 6.12. The number of nitrogens with zero attached hydrogens (tertiary/aromatic N) is 1. The van der Waals surface area contributed by atoms with E-state index in [1.807, 2.05) is 50.2 Å². The van der Waals surface area contributed by atoms with Crippen LogP contribution in [0.1, 0.15) is 50.1 Å². The molecule has 0 aromatic heterocycles. The number of carbonyl (C=O) groups is 2. The summed E-state index contributed by atoms with van der Waals surface area (Å²) in [5.74, 6) is -1.93. The Morgan fingerprint density at radius 1 is 0.458 bits per heavy atom. The van der Waals surface area contributed by atoms with E-state index in [1.165, 1.54) is 5.56 Å². The van der Waals surface area contributed by atoms with Gasteiger partial charge < -0.3 is 15.1 Å². The van der Waals surface area contributed by atoms with Crippen LogP contribution in [0.25, 0.3) is 36.5 Å². The lowest BCUT2D eigenvalue weighted by atomic mass is 10.0. The van der Waals surface area contributed by atoms with Gasteiger partial charge in [-0.1, -0.05) is 103 Å². The third-order valence-electron chi connectivity index (χ3n) is 7.93. The van der Waals surface area contributed by atoms with E-state index >= 15 is 0 Å². The summed E-state index contributed by atoms with van der Waals surface area (Å²) >= 11 is 0. The molecule has 0 saturated heterocycles. The topological polar surface area (TPSA) is 77.8 Å². The number of aliphatic carboxylic acids is 2. The monoisotopic (exact) mass is 631 g/mol. The van der Waals surface area contributed by atoms with E-state index in [2.05, 4.69) is 109 Å². The second-order valence-corrected chi connectivity index (χ2v) is 11.6. The van der Waals surface area contributed by atoms with Crippen LogP contribution >= 0.6 is 0 Å². The third kappa shape index (κ3) is 8.95. The molecule has 0 radical (unpaired) electrons. The average Bonchev–Trinajstić information content (AvgIpc) is 3.07. The molecule has 0 heterocycles. The number of carboxylic acids is 2. The Morgan fingerprint density at radius 3 is 1.17 bits per heavy atom. The number of anilines is 3. The zero-order valence-corrected chi connectivity index (χ0v) is 27.2. The fraction of sp³-hybridized carbons (Fsp3) is 0.0698. The molecule has 5 aromatic rings. The van der Waals surface area contributed by atoms with Gasteiger partial charge in [0.2, 0.25) is 0 Å². The minimum atomic E-state index is -0.963. The van der Waals surface area contributed by atoms with Crippen LogP contribution < -0.4 is 4.90 Å². The van der Waals surface area contributed by atoms with Gasteiger partial charge in [-0.15, -0.1) is 0 Å². The van der Waals surface area contributed by atoms with E-state index < -0.39 is 11.9 Å². The Balaban J connectivity index is 1.35. The van der Waals surface area contributed by atoms with Crippen molar-refractivity contribution in [2.24, 2.45) is 0 Å². The Kier molecular flexibility index (Phi) is 10.6. The lowest BCUT2D eigenvalue weighted by Gasteiger charge is -2.26. The molecule has 0 spiro atoms. The normalized spacial score (nSPS) is 11.6. The van der Waals surface area contributed by atoms with Crippen molar-refractivity contribution >= 4 is 65.5 Å². The van der Waals surface area contributed by atoms with E-state index in [0.29, 0.717) is 0 Å². The lowest BCUT2D eigenvalue weighted by Crippen LogP contribution is -2.09. The minimum Gasteiger partial charge on any atom is -0.478 e. The molecule has 0 saturated carbocycles. The molecule has 0 unspecified atom stereocenters. The molecular weight excluding hydrogens is 594 g/mol. The van der Waals surface area contributed by atoms with Gasteiger partial charge in [-0.3, -0.25) is 0 Å². The number of rotatable bonds is 11. The zero-order chi connectivity index (χ0) is 34.0. The highest BCUT2D eigenvalue weighted by Gasteiger charge is 2.12. The second-order valence-electron chi connectivity index (χ2n) is 11.6. The summed E-state index contributed by atoms with van der Waals surface area (Å²) in [4.78, 5) is 23.9. The lowest BCUT2D eigenvalue weighted by molar-refractivity contribution is -0.132. The molecule has 0 fully saturated rings. The zero-order valence-electron chi connectivity index (χ0n) is 27.2. The third-order valence-corrected chi connectivity index (χ3v) is 7.93. The van der Waals surface area contributed by atoms with Gasteiger partial charge in [-0.05, 0) is 114 Å². The maximum Gasteiger partial charge on any atom is 0.328 e. The number of benzene rings is 5. The molecule has 5 nitrogen and oxygen atoms in total. The summed E-state index contributed by atoms with van der Waals surface area (Å²) in [5, 5.41) is 17.8. The molecule has 48 heavy (non-hydrogen) atoms. The van der Waals surface area contributed by atoms with Gasteiger partial charge in [0.1, 0.15) is 0 Å². The van der Waals surface area contributed by atoms with Crippen molar-refractivity contribution in [2.75, 3.05) is 4.90 Å². The second kappa shape index (κ2) is 15.4. The summed E-state index contributed by atoms with van der Waals surface area (Å²) in [6.07, 6.45) is 13.8. The molecule has 0 aliphatic heterocycles. The molecule has 2 N–H and O–H groups in total. The van der Waals surface area contributed by atoms with Crippen molar-refractivity contribution in [2.45, 2.75) is 20.8 Å². The number of hydrogen-bond donors (Lipinski definition) is 2. The summed E-state index contributed by atoms with van der Waals surface area (Å²) in [7, 11) is 0. The van der Waals surface area contributed by atoms with E-state index in [4.69, 9.17) is 10.2 Å². The molecule has 5 rings (SSSR count). The van der Waals surface area contributed by atoms with Gasteiger partial charge in [0, 0.05) is 29.2 Å². The highest BCUT2D eigenvalue weighted by atomic mass is 16.4. The first-order valence-corrected chi connectivity index (χ1v) is 15.6. The fourth-order valence-corrected chi connectivity index (χ4v) is 5.30. The molecule has 0 aliphatic carbocycles. The Morgan fingerprint density at radius 2 is 0.812 bits per heavy atom. The Labute approximate surface area is 281 Å². The maximum absolute atomic E-state index is 10.8. The average molecular weight is 632 g/mol. The van der Waals surface area contributed by atoms with E-state index in [-0.39, 0.29) is 0 Å². The maximum atomic E-state index is 10.8. The van der Waals surface area contributed by atoms with Crippen molar-refractivity contribution in [3.8, 4) is 0 Å². The number of hydrogen-bond acceptors (Lipinski definition) is 3. The first kappa shape index (κ1) is 33.2. The molecule has 0 bridgehead atoms. The van der Waals surface area contributed by atoms with E-state index in [0.717, 1.165) is 73.7 Å². The largest absolute Gasteiger partial charge is 0.478 e. The SMILES string of the molecule is Cc1ccc(N(c2ccc(/C=C/c3ccc(/C=C/C(=O)O)cc3C)cc2)c2ccc(/C=C/c3ccc(/C=C/C(=O)O)cc3C)cc2)cc1. The summed E-state index contributed by atoms with van der Waals surface area (Å²) < 4.78 is 0. The molecule has 238 valence electrons. The first-order chi connectivity index (χ1) is 23.1. The Bertz CT molecular complexity index is 1900. The van der Waals surface area contributed by atoms with Crippen LogP contribution in [-0.4, -0.2) is 22.2 Å². The predicted molar refractivity (Wildman–Crippen MR) is 199 cm³/mol. The number of aryl methyl sites for hydroxylation is 3. The fourth-order valence-electron chi connectivity index (χ4n) is 5.30. The highest BCUT2D eigenvalue weighted by Crippen LogP contribution is 2.35. The van der Waals surface area contributed by atoms with E-state index in [1.54, 1.807) is 12.2 Å². The van der Waals surface area contributed by atoms with Gasteiger partial charge in [0.05, 0.1) is 0 Å². The van der Waals surface area contributed by atoms with Crippen molar-refractivity contribution in [1.82, 2.24) is 0 Å². The van der Waals surface area contributed by atoms with Crippen LogP contribution in [0.3, 0.4) is 0 Å². The molecule has 5 heteroatoms. The van der Waals surface area contributed by atoms with Gasteiger partial charge in [-0.2, -0.15) is 0 Å². The van der Waals surface area contributed by atoms with E-state index in [9.17, 15) is 9.59 Å². The van der Waals surface area contributed by atoms with Crippen LogP contribution in [-0.2, 0) is 9.59 Å². The van der Waals surface area contributed by atoms with Crippen LogP contribution in [0.4, 0.5) is 17.1 Å². The molecule has 0 aliphatic rings. The van der Waals surface area contributed by atoms with Gasteiger partial charge in [-0.25, -0.2) is 9.59 Å². The summed E-state index contributed by atoms with van der Waals surface area (Å²) in [5.41, 5.74) is 12.5. The van der Waals surface area contributed by atoms with Crippen molar-refractivity contribution in [1.29, 1.82) is 0 Å². The molecule has 0 atom stereocenters. The smallest absolute Gasteiger partial charge is 0.328 e. The van der Waals surface area contributed by atoms with Crippen LogP contribution in [0.5, 0.6) is 0 Å². The van der Waals surface area contributed by atoms with Crippen LogP contribution in [0.15, 0.2) is 121 Å². The van der Waals surface area contributed by atoms with Crippen molar-refractivity contribution < 1.29 is 19.8 Å². The quantitative estimate of drug-likeness (QED) is 0.112. The molecule has 0 amide bonds. The van der Waals surface area contributed by atoms with Crippen LogP contribution in [0.2, 0.25) is 0 Å². The molecule has 5 aromatic carbocycles. The predicted octanol–water partition coefficient (Wildman–Crippen LogP) is 10.6. The highest BCUT2D eigenvalue weighted by molar-refractivity contribution is 5.86. The van der Waals surface area contributed by atoms with Gasteiger partial charge in [0.25, 0.3) is 0 Å². The van der Waals surface area contributed by atoms with Crippen molar-refractivity contribution in [3.63, 3.8) is 0 Å². The first-order valence-electron chi connectivity index (χ1n) is 15.6. The van der Waals surface area contributed by atoms with Crippen LogP contribution in [0, 0.1) is 20.8 Å². The standard InChI is InChI=1S/C43H37NO4/c1-30-4-20-39(21-5-30)44(40-22-10-33(11-23-40)6-16-37-18-8-35(28-31(37)2)14-26-42(45)46)41-24-12-34(13-25-41)7-17-38-19-9-36(29-32(38)3)15-27-43(47)48/h4-29H,1-3H3,(H,45,46)(H,47,48)/b16-6+,17-7+,26-14+,27-15+. The minimum absolute atomic E-state index is 0.852. The van der Waals surface area contributed by atoms with Gasteiger partial charge >= 0.3 is 11.9 Å². The molecular formula is C43H37NO4. The number of carboxylic acid groups (broad SMARTS) is 2. The Hall–Kier alpha value is -6.20. The summed E-state index contributed by atoms with van der Waals surface area (Å²) in [6, 6.07) is 37.2. The van der Waals surface area contributed by atoms with Gasteiger partial charge in [0.15, 0.2) is 0 Å².